The van der Waals surface area contributed by atoms with Gasteiger partial charge in [-0.1, -0.05) is 39.3 Å². The first kappa shape index (κ1) is 6.85. The van der Waals surface area contributed by atoms with Crippen LogP contribution in [0.1, 0.15) is 33.6 Å². The van der Waals surface area contributed by atoms with Gasteiger partial charge in [0.05, 0.1) is 0 Å². The monoisotopic (exact) mass is 124 g/mol. The molecule has 0 saturated heterocycles. The van der Waals surface area contributed by atoms with Gasteiger partial charge in [-0.3, -0.25) is 0 Å². The van der Waals surface area contributed by atoms with Crippen molar-refractivity contribution in [3.05, 3.63) is 12.2 Å². The Morgan fingerprint density at radius 1 is 1.78 bits per heavy atom. The van der Waals surface area contributed by atoms with Gasteiger partial charge >= 0.3 is 0 Å². The van der Waals surface area contributed by atoms with Crippen molar-refractivity contribution in [1.29, 1.82) is 0 Å². The maximum atomic E-state index is 3.99. The highest BCUT2D eigenvalue weighted by Crippen LogP contribution is 2.56. The van der Waals surface area contributed by atoms with Crippen LogP contribution in [0.15, 0.2) is 12.2 Å². The van der Waals surface area contributed by atoms with Crippen molar-refractivity contribution < 1.29 is 0 Å². The van der Waals surface area contributed by atoms with Crippen molar-refractivity contribution in [2.24, 2.45) is 11.3 Å². The third-order valence-corrected chi connectivity index (χ3v) is 2.96. The van der Waals surface area contributed by atoms with Gasteiger partial charge in [0, 0.05) is 0 Å². The van der Waals surface area contributed by atoms with Crippen LogP contribution in [0.3, 0.4) is 0 Å². The van der Waals surface area contributed by atoms with Crippen LogP contribution in [0.4, 0.5) is 0 Å². The van der Waals surface area contributed by atoms with E-state index in [4.69, 9.17) is 0 Å². The molecule has 0 nitrogen and oxygen atoms in total. The van der Waals surface area contributed by atoms with Crippen molar-refractivity contribution in [3.8, 4) is 0 Å². The Balaban J connectivity index is 2.53. The Kier molecular flexibility index (Phi) is 1.42. The fourth-order valence-electron chi connectivity index (χ4n) is 1.37. The molecule has 0 bridgehead atoms. The molecule has 2 atom stereocenters. The zero-order valence-corrected chi connectivity index (χ0v) is 6.70. The lowest BCUT2D eigenvalue weighted by atomic mass is 9.90. The maximum Gasteiger partial charge on any atom is -0.00560 e. The highest BCUT2D eigenvalue weighted by molar-refractivity contribution is 5.28. The van der Waals surface area contributed by atoms with Gasteiger partial charge < -0.3 is 0 Å². The highest BCUT2D eigenvalue weighted by Gasteiger charge is 2.45. The van der Waals surface area contributed by atoms with Gasteiger partial charge in [0.15, 0.2) is 0 Å². The molecule has 1 aliphatic rings. The number of hydrogen-bond donors (Lipinski definition) is 0. The van der Waals surface area contributed by atoms with Crippen LogP contribution >= 0.6 is 0 Å². The minimum absolute atomic E-state index is 0.523. The molecule has 0 aromatic heterocycles. The van der Waals surface area contributed by atoms with Crippen LogP contribution in [-0.4, -0.2) is 0 Å². The lowest BCUT2D eigenvalue weighted by molar-refractivity contribution is 0.373. The number of allylic oxidation sites excluding steroid dienone is 1. The standard InChI is InChI=1S/C9H16/c1-5-7(2)9(4)6-8(9)3/h7H,3,5-6H2,1-2,4H3. The molecule has 0 aromatic carbocycles. The average Bonchev–Trinajstić information content (AvgIpc) is 2.41. The molecular formula is C9H16. The van der Waals surface area contributed by atoms with Gasteiger partial charge in [-0.15, -0.1) is 0 Å². The van der Waals surface area contributed by atoms with Crippen LogP contribution in [0.2, 0.25) is 0 Å². The molecule has 1 aliphatic carbocycles. The molecule has 1 saturated carbocycles. The smallest absolute Gasteiger partial charge is 0.00560 e. The molecule has 2 unspecified atom stereocenters. The van der Waals surface area contributed by atoms with Gasteiger partial charge in [0.1, 0.15) is 0 Å². The third kappa shape index (κ3) is 0.910. The Bertz CT molecular complexity index is 135. The van der Waals surface area contributed by atoms with Crippen molar-refractivity contribution in [1.82, 2.24) is 0 Å². The van der Waals surface area contributed by atoms with E-state index in [1.165, 1.54) is 18.4 Å². The summed E-state index contributed by atoms with van der Waals surface area (Å²) in [5, 5.41) is 0. The summed E-state index contributed by atoms with van der Waals surface area (Å²) in [6.45, 7) is 10.9. The second kappa shape index (κ2) is 1.86. The summed E-state index contributed by atoms with van der Waals surface area (Å²) >= 11 is 0. The maximum absolute atomic E-state index is 3.99. The second-order valence-electron chi connectivity index (χ2n) is 3.51. The molecule has 0 amide bonds. The van der Waals surface area contributed by atoms with Crippen LogP contribution < -0.4 is 0 Å². The van der Waals surface area contributed by atoms with Crippen molar-refractivity contribution in [2.75, 3.05) is 0 Å². The van der Waals surface area contributed by atoms with Gasteiger partial charge in [-0.05, 0) is 17.8 Å². The Morgan fingerprint density at radius 2 is 2.22 bits per heavy atom. The highest BCUT2D eigenvalue weighted by atomic mass is 14.5. The SMILES string of the molecule is C=C1CC1(C)C(C)CC. The average molecular weight is 124 g/mol. The van der Waals surface area contributed by atoms with Crippen molar-refractivity contribution >= 4 is 0 Å². The fourth-order valence-corrected chi connectivity index (χ4v) is 1.37. The van der Waals surface area contributed by atoms with Crippen LogP contribution in [0, 0.1) is 11.3 Å². The zero-order chi connectivity index (χ0) is 7.07. The van der Waals surface area contributed by atoms with E-state index in [1.807, 2.05) is 0 Å². The zero-order valence-electron chi connectivity index (χ0n) is 6.70. The van der Waals surface area contributed by atoms with E-state index in [2.05, 4.69) is 27.4 Å². The van der Waals surface area contributed by atoms with Crippen molar-refractivity contribution in [2.45, 2.75) is 33.6 Å². The van der Waals surface area contributed by atoms with E-state index < -0.39 is 0 Å². The lowest BCUT2D eigenvalue weighted by Gasteiger charge is -2.15. The number of hydrogen-bond acceptors (Lipinski definition) is 0. The first-order valence-electron chi connectivity index (χ1n) is 3.79. The van der Waals surface area contributed by atoms with E-state index >= 15 is 0 Å². The molecule has 1 rings (SSSR count). The molecule has 52 valence electrons. The van der Waals surface area contributed by atoms with Crippen LogP contribution in [0.5, 0.6) is 0 Å². The van der Waals surface area contributed by atoms with E-state index in [0.29, 0.717) is 5.41 Å². The largest absolute Gasteiger partial charge is 0.0993 e. The summed E-state index contributed by atoms with van der Waals surface area (Å²) in [7, 11) is 0. The minimum atomic E-state index is 0.523. The topological polar surface area (TPSA) is 0 Å². The predicted octanol–water partition coefficient (Wildman–Crippen LogP) is 3.00. The molecule has 9 heavy (non-hydrogen) atoms. The summed E-state index contributed by atoms with van der Waals surface area (Å²) in [6, 6.07) is 0. The quantitative estimate of drug-likeness (QED) is 0.496. The molecule has 0 aromatic rings. The van der Waals surface area contributed by atoms with Gasteiger partial charge in [0.25, 0.3) is 0 Å². The first-order valence-corrected chi connectivity index (χ1v) is 3.79. The summed E-state index contributed by atoms with van der Waals surface area (Å²) in [6.07, 6.45) is 2.55. The molecule has 0 heterocycles. The summed E-state index contributed by atoms with van der Waals surface area (Å²) in [5.74, 6) is 0.838. The lowest BCUT2D eigenvalue weighted by Crippen LogP contribution is -2.06. The minimum Gasteiger partial charge on any atom is -0.0993 e. The molecule has 0 spiro atoms. The van der Waals surface area contributed by atoms with E-state index in [0.717, 1.165) is 5.92 Å². The second-order valence-corrected chi connectivity index (χ2v) is 3.51. The molecular weight excluding hydrogens is 108 g/mol. The molecule has 0 aliphatic heterocycles. The van der Waals surface area contributed by atoms with E-state index in [9.17, 15) is 0 Å². The Morgan fingerprint density at radius 3 is 2.33 bits per heavy atom. The van der Waals surface area contributed by atoms with Crippen LogP contribution in [0.25, 0.3) is 0 Å². The molecule has 0 radical (unpaired) electrons. The summed E-state index contributed by atoms with van der Waals surface area (Å²) in [4.78, 5) is 0. The Labute approximate surface area is 58.0 Å². The normalized spacial score (nSPS) is 36.6. The Hall–Kier alpha value is -0.260. The van der Waals surface area contributed by atoms with Gasteiger partial charge in [0.2, 0.25) is 0 Å². The molecule has 0 heteroatoms. The first-order chi connectivity index (χ1) is 4.11. The summed E-state index contributed by atoms with van der Waals surface area (Å²) < 4.78 is 0. The van der Waals surface area contributed by atoms with E-state index in [1.54, 1.807) is 0 Å². The molecule has 0 N–H and O–H groups in total. The summed E-state index contributed by atoms with van der Waals surface area (Å²) in [5.41, 5.74) is 1.98. The van der Waals surface area contributed by atoms with Gasteiger partial charge in [-0.25, -0.2) is 0 Å². The molecule has 1 fully saturated rings. The van der Waals surface area contributed by atoms with E-state index in [-0.39, 0.29) is 0 Å². The third-order valence-electron chi connectivity index (χ3n) is 2.96. The number of rotatable bonds is 2. The fraction of sp³-hybridized carbons (Fsp3) is 0.778. The predicted molar refractivity (Wildman–Crippen MR) is 41.3 cm³/mol. The van der Waals surface area contributed by atoms with Gasteiger partial charge in [-0.2, -0.15) is 0 Å². The van der Waals surface area contributed by atoms with Crippen LogP contribution in [-0.2, 0) is 0 Å². The van der Waals surface area contributed by atoms with Crippen molar-refractivity contribution in [3.63, 3.8) is 0 Å².